The van der Waals surface area contributed by atoms with E-state index in [1.807, 2.05) is 84.6 Å². The molecule has 5 aromatic rings. The predicted molar refractivity (Wildman–Crippen MR) is 165 cm³/mol. The number of esters is 1. The molecule has 0 amide bonds. The predicted octanol–water partition coefficient (Wildman–Crippen LogP) is 9.56. The van der Waals surface area contributed by atoms with Gasteiger partial charge in [0.05, 0.1) is 5.57 Å². The molecule has 0 N–H and O–H groups in total. The lowest BCUT2D eigenvalue weighted by atomic mass is 10.1. The fourth-order valence-corrected chi connectivity index (χ4v) is 5.84. The first kappa shape index (κ1) is 26.6. The van der Waals surface area contributed by atoms with Crippen molar-refractivity contribution in [3.05, 3.63) is 157 Å². The molecular formula is C35H28O2S2. The van der Waals surface area contributed by atoms with E-state index in [4.69, 9.17) is 4.74 Å². The van der Waals surface area contributed by atoms with Gasteiger partial charge in [-0.2, -0.15) is 0 Å². The van der Waals surface area contributed by atoms with Gasteiger partial charge in [-0.05, 0) is 64.2 Å². The first-order chi connectivity index (χ1) is 19.1. The number of ether oxygens (including phenoxy) is 1. The van der Waals surface area contributed by atoms with E-state index in [2.05, 4.69) is 67.2 Å². The molecule has 0 radical (unpaired) electrons. The molecular weight excluding hydrogens is 517 g/mol. The van der Waals surface area contributed by atoms with Crippen molar-refractivity contribution in [2.45, 2.75) is 21.3 Å². The van der Waals surface area contributed by atoms with Gasteiger partial charge in [0.1, 0.15) is 5.75 Å². The molecule has 5 aromatic carbocycles. The zero-order chi connectivity index (χ0) is 26.9. The molecule has 0 aromatic heterocycles. The van der Waals surface area contributed by atoms with Crippen molar-refractivity contribution >= 4 is 35.1 Å². The van der Waals surface area contributed by atoms with E-state index in [0.717, 1.165) is 33.1 Å². The van der Waals surface area contributed by atoms with Gasteiger partial charge in [-0.15, -0.1) is 23.5 Å². The number of carbonyl (C=O) groups excluding carboxylic acids is 1. The highest BCUT2D eigenvalue weighted by Crippen LogP contribution is 2.30. The van der Waals surface area contributed by atoms with Gasteiger partial charge in [-0.25, -0.2) is 4.79 Å². The molecule has 0 aliphatic carbocycles. The molecule has 0 saturated heterocycles. The van der Waals surface area contributed by atoms with E-state index >= 15 is 0 Å². The summed E-state index contributed by atoms with van der Waals surface area (Å²) in [5.41, 5.74) is 5.86. The Labute approximate surface area is 238 Å². The van der Waals surface area contributed by atoms with Crippen molar-refractivity contribution < 1.29 is 9.53 Å². The van der Waals surface area contributed by atoms with Gasteiger partial charge in [0, 0.05) is 21.3 Å². The number of rotatable bonds is 10. The van der Waals surface area contributed by atoms with E-state index in [1.54, 1.807) is 11.8 Å². The number of benzene rings is 5. The summed E-state index contributed by atoms with van der Waals surface area (Å²) in [6, 6.07) is 44.8. The molecule has 0 aliphatic rings. The smallest absolute Gasteiger partial charge is 0.343 e. The summed E-state index contributed by atoms with van der Waals surface area (Å²) in [7, 11) is 0. The number of carbonyl (C=O) groups is 1. The first-order valence-electron chi connectivity index (χ1n) is 12.7. The Bertz CT molecular complexity index is 1550. The van der Waals surface area contributed by atoms with Gasteiger partial charge >= 0.3 is 5.97 Å². The van der Waals surface area contributed by atoms with Crippen LogP contribution in [0.15, 0.2) is 150 Å². The van der Waals surface area contributed by atoms with Gasteiger partial charge in [-0.1, -0.05) is 104 Å². The van der Waals surface area contributed by atoms with E-state index in [1.165, 1.54) is 16.0 Å². The molecule has 39 heavy (non-hydrogen) atoms. The van der Waals surface area contributed by atoms with Gasteiger partial charge in [0.15, 0.2) is 0 Å². The maximum Gasteiger partial charge on any atom is 0.343 e. The summed E-state index contributed by atoms with van der Waals surface area (Å²) in [4.78, 5) is 15.2. The van der Waals surface area contributed by atoms with E-state index in [0.29, 0.717) is 11.3 Å². The Balaban J connectivity index is 1.19. The zero-order valence-electron chi connectivity index (χ0n) is 21.5. The van der Waals surface area contributed by atoms with Crippen LogP contribution in [0.2, 0.25) is 0 Å². The second kappa shape index (κ2) is 13.2. The number of hydrogen-bond donors (Lipinski definition) is 0. The summed E-state index contributed by atoms with van der Waals surface area (Å²) in [6.07, 6.45) is 0. The van der Waals surface area contributed by atoms with Crippen molar-refractivity contribution in [2.24, 2.45) is 0 Å². The normalized spacial score (nSPS) is 10.7. The van der Waals surface area contributed by atoms with Crippen molar-refractivity contribution in [3.8, 4) is 16.9 Å². The van der Waals surface area contributed by atoms with Crippen molar-refractivity contribution in [1.82, 2.24) is 0 Å². The van der Waals surface area contributed by atoms with Gasteiger partial charge in [-0.3, -0.25) is 0 Å². The summed E-state index contributed by atoms with van der Waals surface area (Å²) in [5, 5.41) is 0. The van der Waals surface area contributed by atoms with Crippen molar-refractivity contribution in [1.29, 1.82) is 0 Å². The van der Waals surface area contributed by atoms with Crippen LogP contribution in [0, 0.1) is 0 Å². The van der Waals surface area contributed by atoms with Crippen LogP contribution in [0.3, 0.4) is 0 Å². The van der Waals surface area contributed by atoms with Crippen LogP contribution in [0.25, 0.3) is 16.7 Å². The second-order valence-corrected chi connectivity index (χ2v) is 11.1. The van der Waals surface area contributed by atoms with Crippen LogP contribution in [0.4, 0.5) is 0 Å². The molecule has 0 unspecified atom stereocenters. The van der Waals surface area contributed by atoms with Crippen LogP contribution in [0.1, 0.15) is 16.7 Å². The molecule has 5 rings (SSSR count). The molecule has 0 spiro atoms. The topological polar surface area (TPSA) is 26.3 Å². The van der Waals surface area contributed by atoms with Crippen LogP contribution < -0.4 is 4.74 Å². The van der Waals surface area contributed by atoms with Crippen LogP contribution in [0.5, 0.6) is 5.75 Å². The largest absolute Gasteiger partial charge is 0.423 e. The Morgan fingerprint density at radius 3 is 1.77 bits per heavy atom. The minimum atomic E-state index is -0.452. The third-order valence-corrected chi connectivity index (χ3v) is 8.29. The Kier molecular flexibility index (Phi) is 9.00. The minimum Gasteiger partial charge on any atom is -0.423 e. The molecule has 0 atom stereocenters. The first-order valence-corrected chi connectivity index (χ1v) is 14.7. The maximum absolute atomic E-state index is 12.9. The van der Waals surface area contributed by atoms with Crippen LogP contribution >= 0.6 is 23.5 Å². The lowest BCUT2D eigenvalue weighted by Gasteiger charge is -2.10. The van der Waals surface area contributed by atoms with E-state index < -0.39 is 5.97 Å². The van der Waals surface area contributed by atoms with Crippen LogP contribution in [-0.4, -0.2) is 5.97 Å². The fourth-order valence-electron chi connectivity index (χ4n) is 4.02. The Morgan fingerprint density at radius 1 is 0.590 bits per heavy atom. The second-order valence-electron chi connectivity index (χ2n) is 9.00. The molecule has 0 aliphatic heterocycles. The monoisotopic (exact) mass is 544 g/mol. The maximum atomic E-state index is 12.9. The lowest BCUT2D eigenvalue weighted by Crippen LogP contribution is -2.09. The zero-order valence-corrected chi connectivity index (χ0v) is 23.1. The molecule has 0 heterocycles. The van der Waals surface area contributed by atoms with E-state index in [-0.39, 0.29) is 0 Å². The van der Waals surface area contributed by atoms with E-state index in [9.17, 15) is 4.79 Å². The Hall–Kier alpha value is -3.99. The third-order valence-electron chi connectivity index (χ3n) is 6.16. The van der Waals surface area contributed by atoms with Gasteiger partial charge in [0.25, 0.3) is 0 Å². The summed E-state index contributed by atoms with van der Waals surface area (Å²) in [6.45, 7) is 4.01. The summed E-state index contributed by atoms with van der Waals surface area (Å²) < 4.78 is 5.65. The molecule has 4 heteroatoms. The fraction of sp³-hybridized carbons (Fsp3) is 0.0571. The molecule has 0 bridgehead atoms. The van der Waals surface area contributed by atoms with Crippen LogP contribution in [-0.2, 0) is 16.3 Å². The highest BCUT2D eigenvalue weighted by Gasteiger charge is 2.13. The van der Waals surface area contributed by atoms with Crippen molar-refractivity contribution in [2.75, 3.05) is 0 Å². The highest BCUT2D eigenvalue weighted by atomic mass is 32.2. The summed E-state index contributed by atoms with van der Waals surface area (Å²) in [5.74, 6) is 1.83. The SMILES string of the molecule is C=C(C(=O)Oc1ccc(-c2cccc(SCc3ccccc3)c2)cc1)c1cccc(SCc2ccccc2)c1. The van der Waals surface area contributed by atoms with Crippen molar-refractivity contribution in [3.63, 3.8) is 0 Å². The summed E-state index contributed by atoms with van der Waals surface area (Å²) >= 11 is 3.55. The number of hydrogen-bond acceptors (Lipinski definition) is 4. The van der Waals surface area contributed by atoms with Gasteiger partial charge in [0.2, 0.25) is 0 Å². The lowest BCUT2D eigenvalue weighted by molar-refractivity contribution is -0.127. The molecule has 0 saturated carbocycles. The molecule has 0 fully saturated rings. The standard InChI is InChI=1S/C35H28O2S2/c1-26(30-14-8-16-33(22-30)38-24-27-10-4-2-5-11-27)35(36)37-32-20-18-29(19-21-32)31-15-9-17-34(23-31)39-25-28-12-6-3-7-13-28/h2-23H,1,24-25H2. The molecule has 192 valence electrons. The highest BCUT2D eigenvalue weighted by molar-refractivity contribution is 7.98. The average Bonchev–Trinajstić information content (AvgIpc) is 3.00. The van der Waals surface area contributed by atoms with Gasteiger partial charge < -0.3 is 4.74 Å². The Morgan fingerprint density at radius 2 is 1.15 bits per heavy atom. The quantitative estimate of drug-likeness (QED) is 0.0757. The number of thioether (sulfide) groups is 2. The minimum absolute atomic E-state index is 0.337. The third kappa shape index (κ3) is 7.53. The average molecular weight is 545 g/mol. The molecule has 2 nitrogen and oxygen atoms in total.